The number of pyridine rings is 1. The number of carbonyl (C=O) groups excluding carboxylic acids is 1. The maximum absolute atomic E-state index is 13.6. The van der Waals surface area contributed by atoms with Gasteiger partial charge < -0.3 is 10.1 Å². The number of H-pyrrole nitrogens is 1. The van der Waals surface area contributed by atoms with Crippen LogP contribution in [0.3, 0.4) is 0 Å². The molecule has 0 saturated carbocycles. The van der Waals surface area contributed by atoms with E-state index in [1.54, 1.807) is 12.1 Å². The van der Waals surface area contributed by atoms with E-state index in [0.717, 1.165) is 0 Å². The predicted molar refractivity (Wildman–Crippen MR) is 87.7 cm³/mol. The highest BCUT2D eigenvalue weighted by Gasteiger charge is 2.11. The Morgan fingerprint density at radius 1 is 1.46 bits per heavy atom. The predicted octanol–water partition coefficient (Wildman–Crippen LogP) is 3.08. The van der Waals surface area contributed by atoms with E-state index < -0.39 is 11.8 Å². The number of aromatic nitrogens is 3. The van der Waals surface area contributed by atoms with Gasteiger partial charge in [0, 0.05) is 29.4 Å². The van der Waals surface area contributed by atoms with Gasteiger partial charge in [0.25, 0.3) is 0 Å². The maximum atomic E-state index is 13.6. The third kappa shape index (κ3) is 3.23. The molecule has 2 aromatic heterocycles. The summed E-state index contributed by atoms with van der Waals surface area (Å²) >= 11 is 5.91. The molecule has 7 nitrogen and oxygen atoms in total. The minimum Gasteiger partial charge on any atom is -0.479 e. The quantitative estimate of drug-likeness (QED) is 0.675. The topological polar surface area (TPSA) is 91.9 Å². The normalized spacial score (nSPS) is 10.6. The number of methoxy groups -OCH3 is 1. The molecule has 0 atom stereocenters. The molecule has 124 valence electrons. The zero-order chi connectivity index (χ0) is 17.1. The van der Waals surface area contributed by atoms with Crippen molar-refractivity contribution in [2.75, 3.05) is 12.4 Å². The Kier molecular flexibility index (Phi) is 4.48. The van der Waals surface area contributed by atoms with Crippen LogP contribution in [-0.4, -0.2) is 28.3 Å². The first-order valence-corrected chi connectivity index (χ1v) is 7.32. The molecule has 0 radical (unpaired) electrons. The van der Waals surface area contributed by atoms with Gasteiger partial charge in [-0.05, 0) is 12.1 Å². The molecule has 0 fully saturated rings. The average Bonchev–Trinajstić information content (AvgIpc) is 2.96. The van der Waals surface area contributed by atoms with Crippen molar-refractivity contribution in [3.05, 3.63) is 46.9 Å². The number of nitrogens with zero attached hydrogens (tertiary/aromatic N) is 2. The number of urea groups is 1. The first-order chi connectivity index (χ1) is 11.6. The monoisotopic (exact) mass is 349 g/mol. The minimum absolute atomic E-state index is 0.0442. The van der Waals surface area contributed by atoms with Crippen LogP contribution in [0.15, 0.2) is 30.5 Å². The zero-order valence-electron chi connectivity index (χ0n) is 12.6. The second kappa shape index (κ2) is 6.71. The minimum atomic E-state index is -0.535. The molecule has 0 saturated heterocycles. The number of hydrogen-bond acceptors (Lipinski definition) is 4. The number of nitrogens with one attached hydrogen (secondary N) is 3. The lowest BCUT2D eigenvalue weighted by molar-refractivity contribution is 0.251. The molecule has 0 unspecified atom stereocenters. The fraction of sp³-hybridized carbons (Fsp3) is 0.133. The van der Waals surface area contributed by atoms with Crippen LogP contribution in [0, 0.1) is 5.82 Å². The highest BCUT2D eigenvalue weighted by molar-refractivity contribution is 6.31. The van der Waals surface area contributed by atoms with Gasteiger partial charge in [0.15, 0.2) is 0 Å². The fourth-order valence-electron chi connectivity index (χ4n) is 2.14. The highest BCUT2D eigenvalue weighted by Crippen LogP contribution is 2.23. The van der Waals surface area contributed by atoms with Crippen molar-refractivity contribution in [1.29, 1.82) is 0 Å². The standard InChI is InChI=1S/C15H13ClFN5O2/c1-24-14-9-7-18-13(5-12(9)21-22-14)20-15(23)19-6-8-10(16)3-2-4-11(8)17/h2-5,7H,6H2,1H3,(H,21,22)(H2,18,19,20,23). The van der Waals surface area contributed by atoms with Crippen molar-refractivity contribution in [2.24, 2.45) is 0 Å². The lowest BCUT2D eigenvalue weighted by Gasteiger charge is -2.09. The number of ether oxygens (including phenoxy) is 1. The van der Waals surface area contributed by atoms with E-state index in [1.807, 2.05) is 0 Å². The van der Waals surface area contributed by atoms with Gasteiger partial charge >= 0.3 is 6.03 Å². The van der Waals surface area contributed by atoms with E-state index in [9.17, 15) is 9.18 Å². The second-order valence-electron chi connectivity index (χ2n) is 4.86. The van der Waals surface area contributed by atoms with E-state index in [0.29, 0.717) is 22.6 Å². The third-order valence-electron chi connectivity index (χ3n) is 3.33. The van der Waals surface area contributed by atoms with Crippen LogP contribution in [-0.2, 0) is 6.54 Å². The largest absolute Gasteiger partial charge is 0.479 e. The van der Waals surface area contributed by atoms with Crippen molar-refractivity contribution in [1.82, 2.24) is 20.5 Å². The molecule has 3 aromatic rings. The molecule has 9 heteroatoms. The summed E-state index contributed by atoms with van der Waals surface area (Å²) in [5, 5.41) is 12.8. The number of rotatable bonds is 4. The Labute approximate surface area is 141 Å². The third-order valence-corrected chi connectivity index (χ3v) is 3.69. The van der Waals surface area contributed by atoms with Gasteiger partial charge in [-0.15, -0.1) is 5.10 Å². The number of aromatic amines is 1. The van der Waals surface area contributed by atoms with Crippen LogP contribution >= 0.6 is 11.6 Å². The smallest absolute Gasteiger partial charge is 0.320 e. The van der Waals surface area contributed by atoms with Gasteiger partial charge in [-0.3, -0.25) is 10.4 Å². The molecule has 1 aromatic carbocycles. The number of halogens is 2. The molecule has 0 spiro atoms. The van der Waals surface area contributed by atoms with Gasteiger partial charge in [-0.25, -0.2) is 14.2 Å². The van der Waals surface area contributed by atoms with E-state index in [1.165, 1.54) is 25.4 Å². The van der Waals surface area contributed by atoms with E-state index >= 15 is 0 Å². The van der Waals surface area contributed by atoms with E-state index in [2.05, 4.69) is 25.8 Å². The maximum Gasteiger partial charge on any atom is 0.320 e. The Morgan fingerprint density at radius 3 is 3.04 bits per heavy atom. The van der Waals surface area contributed by atoms with Crippen molar-refractivity contribution in [3.8, 4) is 5.88 Å². The number of hydrogen-bond donors (Lipinski definition) is 3. The summed E-state index contributed by atoms with van der Waals surface area (Å²) in [5.41, 5.74) is 0.880. The van der Waals surface area contributed by atoms with Crippen molar-refractivity contribution >= 4 is 34.4 Å². The molecule has 24 heavy (non-hydrogen) atoms. The number of benzene rings is 1. The van der Waals surface area contributed by atoms with Crippen molar-refractivity contribution < 1.29 is 13.9 Å². The second-order valence-corrected chi connectivity index (χ2v) is 5.26. The average molecular weight is 350 g/mol. The van der Waals surface area contributed by atoms with E-state index in [4.69, 9.17) is 16.3 Å². The Bertz CT molecular complexity index is 878. The van der Waals surface area contributed by atoms with Crippen LogP contribution in [0.5, 0.6) is 5.88 Å². The molecule has 3 N–H and O–H groups in total. The summed E-state index contributed by atoms with van der Waals surface area (Å²) in [5.74, 6) is 0.250. The molecular formula is C15H13ClFN5O2. The first-order valence-electron chi connectivity index (χ1n) is 6.94. The SMILES string of the molecule is COc1n[nH]c2cc(NC(=O)NCc3c(F)cccc3Cl)ncc12. The molecule has 0 aliphatic heterocycles. The summed E-state index contributed by atoms with van der Waals surface area (Å²) in [6.07, 6.45) is 1.53. The lowest BCUT2D eigenvalue weighted by Crippen LogP contribution is -2.29. The summed E-state index contributed by atoms with van der Waals surface area (Å²) in [7, 11) is 1.50. The van der Waals surface area contributed by atoms with Gasteiger partial charge in [0.2, 0.25) is 5.88 Å². The van der Waals surface area contributed by atoms with Gasteiger partial charge in [-0.2, -0.15) is 0 Å². The molecule has 2 heterocycles. The van der Waals surface area contributed by atoms with Crippen LogP contribution in [0.4, 0.5) is 15.0 Å². The van der Waals surface area contributed by atoms with Crippen LogP contribution in [0.2, 0.25) is 5.02 Å². The summed E-state index contributed by atoms with van der Waals surface area (Å²) < 4.78 is 18.7. The molecule has 0 aliphatic rings. The fourth-order valence-corrected chi connectivity index (χ4v) is 2.37. The highest BCUT2D eigenvalue weighted by atomic mass is 35.5. The molecule has 3 rings (SSSR count). The van der Waals surface area contributed by atoms with Gasteiger partial charge in [0.05, 0.1) is 18.0 Å². The van der Waals surface area contributed by atoms with Gasteiger partial charge in [-0.1, -0.05) is 17.7 Å². The Balaban J connectivity index is 1.66. The lowest BCUT2D eigenvalue weighted by atomic mass is 10.2. The summed E-state index contributed by atoms with van der Waals surface area (Å²) in [6.45, 7) is -0.0442. The van der Waals surface area contributed by atoms with Crippen LogP contribution in [0.1, 0.15) is 5.56 Å². The molecule has 0 aliphatic carbocycles. The Morgan fingerprint density at radius 2 is 2.29 bits per heavy atom. The molecular weight excluding hydrogens is 337 g/mol. The number of fused-ring (bicyclic) bond motifs is 1. The molecule has 2 amide bonds. The summed E-state index contributed by atoms with van der Waals surface area (Å²) in [6, 6.07) is 5.41. The molecule has 0 bridgehead atoms. The number of carbonyl (C=O) groups is 1. The van der Waals surface area contributed by atoms with Crippen LogP contribution in [0.25, 0.3) is 10.9 Å². The van der Waals surface area contributed by atoms with Crippen LogP contribution < -0.4 is 15.4 Å². The van der Waals surface area contributed by atoms with Crippen molar-refractivity contribution in [2.45, 2.75) is 6.54 Å². The number of amides is 2. The van der Waals surface area contributed by atoms with Gasteiger partial charge in [0.1, 0.15) is 11.6 Å². The van der Waals surface area contributed by atoms with Crippen molar-refractivity contribution in [3.63, 3.8) is 0 Å². The van der Waals surface area contributed by atoms with E-state index in [-0.39, 0.29) is 17.1 Å². The Hall–Kier alpha value is -2.87. The number of anilines is 1. The zero-order valence-corrected chi connectivity index (χ0v) is 13.3. The first kappa shape index (κ1) is 16.0. The summed E-state index contributed by atoms with van der Waals surface area (Å²) in [4.78, 5) is 16.0.